The number of aromatic amines is 1. The van der Waals surface area contributed by atoms with Gasteiger partial charge in [-0.3, -0.25) is 24.0 Å². The van der Waals surface area contributed by atoms with Gasteiger partial charge < -0.3 is 14.6 Å². The van der Waals surface area contributed by atoms with E-state index in [1.807, 2.05) is 19.9 Å². The molecule has 1 saturated heterocycles. The zero-order valence-electron chi connectivity index (χ0n) is 19.1. The van der Waals surface area contributed by atoms with Gasteiger partial charge in [-0.2, -0.15) is 0 Å². The number of fused-ring (bicyclic) bond motifs is 3. The maximum atomic E-state index is 13.6. The fraction of sp³-hybridized carbons (Fsp3) is 0.435. The van der Waals surface area contributed by atoms with Crippen LogP contribution in [0.3, 0.4) is 0 Å². The average Bonchev–Trinajstić information content (AvgIpc) is 3.30. The Morgan fingerprint density at radius 1 is 1.12 bits per heavy atom. The number of urea groups is 1. The number of carbonyl (C=O) groups is 2. The Labute approximate surface area is 194 Å². The molecule has 2 aliphatic heterocycles. The number of nitrogens with zero attached hydrogens (tertiary/aromatic N) is 4. The van der Waals surface area contributed by atoms with Crippen molar-refractivity contribution in [2.45, 2.75) is 58.3 Å². The lowest BCUT2D eigenvalue weighted by Crippen LogP contribution is -2.47. The van der Waals surface area contributed by atoms with Crippen LogP contribution in [-0.2, 0) is 30.0 Å². The van der Waals surface area contributed by atoms with E-state index >= 15 is 0 Å². The van der Waals surface area contributed by atoms with E-state index in [2.05, 4.69) is 15.3 Å². The largest absolute Gasteiger partial charge is 0.493 e. The van der Waals surface area contributed by atoms with Crippen molar-refractivity contribution >= 4 is 23.1 Å². The molecule has 0 bridgehead atoms. The van der Waals surface area contributed by atoms with Crippen LogP contribution < -0.4 is 21.3 Å². The molecule has 0 aliphatic carbocycles. The fourth-order valence-corrected chi connectivity index (χ4v) is 4.86. The highest BCUT2D eigenvalue weighted by molar-refractivity contribution is 6.07. The first-order valence-electron chi connectivity index (χ1n) is 11.5. The Kier molecular flexibility index (Phi) is 5.26. The topological polar surface area (TPSA) is 131 Å². The first kappa shape index (κ1) is 21.9. The Hall–Kier alpha value is -3.89. The molecule has 3 amide bonds. The molecule has 4 heterocycles. The van der Waals surface area contributed by atoms with Gasteiger partial charge in [0, 0.05) is 25.1 Å². The van der Waals surface area contributed by atoms with E-state index in [-0.39, 0.29) is 23.6 Å². The molecule has 2 N–H and O–H groups in total. The van der Waals surface area contributed by atoms with Crippen molar-refractivity contribution in [3.63, 3.8) is 0 Å². The molecule has 11 heteroatoms. The minimum Gasteiger partial charge on any atom is -0.493 e. The molecule has 1 fully saturated rings. The van der Waals surface area contributed by atoms with E-state index in [0.717, 1.165) is 17.7 Å². The van der Waals surface area contributed by atoms with E-state index < -0.39 is 22.8 Å². The van der Waals surface area contributed by atoms with Crippen LogP contribution in [0.4, 0.5) is 4.79 Å². The molecule has 0 saturated carbocycles. The summed E-state index contributed by atoms with van der Waals surface area (Å²) in [6.07, 6.45) is 1.92. The normalized spacial score (nSPS) is 19.5. The number of H-pyrrole nitrogens is 1. The number of amides is 3. The predicted octanol–water partition coefficient (Wildman–Crippen LogP) is 1.44. The van der Waals surface area contributed by atoms with E-state index in [0.29, 0.717) is 43.3 Å². The van der Waals surface area contributed by atoms with Gasteiger partial charge in [0.1, 0.15) is 11.6 Å². The van der Waals surface area contributed by atoms with E-state index in [4.69, 9.17) is 4.74 Å². The van der Waals surface area contributed by atoms with Gasteiger partial charge >= 0.3 is 11.7 Å². The molecule has 1 atom stereocenters. The lowest BCUT2D eigenvalue weighted by Gasteiger charge is -2.33. The van der Waals surface area contributed by atoms with Crippen LogP contribution in [0.25, 0.3) is 11.2 Å². The van der Waals surface area contributed by atoms with Crippen LogP contribution in [0, 0.1) is 0 Å². The standard InChI is InChI=1S/C23H26N6O5/c1-3-5-11-28-18-17(19(30)25-21(28)32)27(4-2)16(24-18)13-29-20(31)23(26-22(29)33)10-12-34-15-9-7-6-8-14(15)23/h6-9H,3-5,10-13H2,1-2H3,(H,26,33)(H,25,30,32)/t23-/m0/s1. The number of aryl methyl sites for hydroxylation is 2. The van der Waals surface area contributed by atoms with Crippen LogP contribution in [0.2, 0.25) is 0 Å². The number of ether oxygens (including phenoxy) is 1. The van der Waals surface area contributed by atoms with Gasteiger partial charge in [-0.15, -0.1) is 0 Å². The van der Waals surface area contributed by atoms with Gasteiger partial charge in [0.2, 0.25) is 0 Å². The number of imide groups is 1. The summed E-state index contributed by atoms with van der Waals surface area (Å²) in [6, 6.07) is 6.64. The molecule has 0 unspecified atom stereocenters. The molecular weight excluding hydrogens is 440 g/mol. The average molecular weight is 466 g/mol. The summed E-state index contributed by atoms with van der Waals surface area (Å²) < 4.78 is 8.78. The molecule has 11 nitrogen and oxygen atoms in total. The number of hydrogen-bond donors (Lipinski definition) is 2. The van der Waals surface area contributed by atoms with E-state index in [1.165, 1.54) is 4.57 Å². The maximum Gasteiger partial charge on any atom is 0.330 e. The number of para-hydroxylation sites is 1. The Morgan fingerprint density at radius 3 is 2.68 bits per heavy atom. The van der Waals surface area contributed by atoms with Crippen molar-refractivity contribution in [3.05, 3.63) is 56.5 Å². The first-order valence-corrected chi connectivity index (χ1v) is 11.5. The molecule has 3 aromatic rings. The third-order valence-corrected chi connectivity index (χ3v) is 6.57. The second-order valence-corrected chi connectivity index (χ2v) is 8.53. The van der Waals surface area contributed by atoms with Crippen molar-refractivity contribution in [1.29, 1.82) is 0 Å². The third kappa shape index (κ3) is 3.14. The molecule has 178 valence electrons. The van der Waals surface area contributed by atoms with Gasteiger partial charge in [-0.05, 0) is 19.4 Å². The summed E-state index contributed by atoms with van der Waals surface area (Å²) >= 11 is 0. The van der Waals surface area contributed by atoms with Crippen LogP contribution in [0.1, 0.15) is 44.5 Å². The smallest absolute Gasteiger partial charge is 0.330 e. The summed E-state index contributed by atoms with van der Waals surface area (Å²) in [4.78, 5) is 59.8. The minimum absolute atomic E-state index is 0.126. The Morgan fingerprint density at radius 2 is 1.91 bits per heavy atom. The summed E-state index contributed by atoms with van der Waals surface area (Å²) in [7, 11) is 0. The van der Waals surface area contributed by atoms with Gasteiger partial charge in [0.05, 0.1) is 13.2 Å². The van der Waals surface area contributed by atoms with Crippen LogP contribution in [0.5, 0.6) is 5.75 Å². The molecular formula is C23H26N6O5. The predicted molar refractivity (Wildman–Crippen MR) is 123 cm³/mol. The molecule has 5 rings (SSSR count). The number of hydrogen-bond acceptors (Lipinski definition) is 6. The number of unbranched alkanes of at least 4 members (excludes halogenated alkanes) is 1. The van der Waals surface area contributed by atoms with Gasteiger partial charge in [0.15, 0.2) is 16.7 Å². The molecule has 34 heavy (non-hydrogen) atoms. The molecule has 0 radical (unpaired) electrons. The summed E-state index contributed by atoms with van der Waals surface area (Å²) in [5, 5.41) is 2.87. The zero-order chi connectivity index (χ0) is 24.0. The quantitative estimate of drug-likeness (QED) is 0.529. The lowest BCUT2D eigenvalue weighted by molar-refractivity contribution is -0.133. The van der Waals surface area contributed by atoms with Crippen molar-refractivity contribution in [2.75, 3.05) is 6.61 Å². The summed E-state index contributed by atoms with van der Waals surface area (Å²) in [5.74, 6) is 0.538. The molecule has 1 aromatic carbocycles. The molecule has 2 aliphatic rings. The van der Waals surface area contributed by atoms with Crippen LogP contribution >= 0.6 is 0 Å². The minimum atomic E-state index is -1.20. The second kappa shape index (κ2) is 8.15. The van der Waals surface area contributed by atoms with Crippen molar-refractivity contribution in [2.24, 2.45) is 0 Å². The monoisotopic (exact) mass is 466 g/mol. The SMILES string of the molecule is CCCCn1c(=O)[nH]c(=O)c2c1nc(CN1C(=O)N[C@]3(CCOc4ccccc43)C1=O)n2CC. The number of rotatable bonds is 6. The second-order valence-electron chi connectivity index (χ2n) is 8.53. The highest BCUT2D eigenvalue weighted by Crippen LogP contribution is 2.41. The lowest BCUT2D eigenvalue weighted by atomic mass is 9.84. The number of benzene rings is 1. The van der Waals surface area contributed by atoms with E-state index in [9.17, 15) is 19.2 Å². The zero-order valence-corrected chi connectivity index (χ0v) is 19.1. The highest BCUT2D eigenvalue weighted by atomic mass is 16.5. The molecule has 1 spiro atoms. The van der Waals surface area contributed by atoms with Crippen LogP contribution in [-0.4, -0.2) is 42.5 Å². The van der Waals surface area contributed by atoms with Crippen molar-refractivity contribution in [1.82, 2.24) is 29.3 Å². The molecule has 2 aromatic heterocycles. The highest BCUT2D eigenvalue weighted by Gasteiger charge is 2.55. The maximum absolute atomic E-state index is 13.6. The Balaban J connectivity index is 1.57. The van der Waals surface area contributed by atoms with Crippen LogP contribution in [0.15, 0.2) is 33.9 Å². The van der Waals surface area contributed by atoms with Gasteiger partial charge in [-0.1, -0.05) is 31.5 Å². The summed E-state index contributed by atoms with van der Waals surface area (Å²) in [5.41, 5.74) is -1.12. The van der Waals surface area contributed by atoms with E-state index in [1.54, 1.807) is 22.8 Å². The van der Waals surface area contributed by atoms with Crippen molar-refractivity contribution < 1.29 is 14.3 Å². The van der Waals surface area contributed by atoms with Crippen molar-refractivity contribution in [3.8, 4) is 5.75 Å². The van der Waals surface area contributed by atoms with Gasteiger partial charge in [-0.25, -0.2) is 14.6 Å². The van der Waals surface area contributed by atoms with Gasteiger partial charge in [0.25, 0.3) is 11.5 Å². The Bertz CT molecular complexity index is 1420. The number of imidazole rings is 1. The number of nitrogens with one attached hydrogen (secondary N) is 2. The number of aromatic nitrogens is 4. The first-order chi connectivity index (χ1) is 16.4. The third-order valence-electron chi connectivity index (χ3n) is 6.57. The fourth-order valence-electron chi connectivity index (χ4n) is 4.86. The number of carbonyl (C=O) groups excluding carboxylic acids is 2. The summed E-state index contributed by atoms with van der Waals surface area (Å²) in [6.45, 7) is 4.81.